The second kappa shape index (κ2) is 5.95. The first-order valence-electron chi connectivity index (χ1n) is 5.58. The van der Waals surface area contributed by atoms with Crippen molar-refractivity contribution >= 4 is 6.21 Å². The van der Waals surface area contributed by atoms with Gasteiger partial charge in [0.25, 0.3) is 0 Å². The number of hydrogen-bond acceptors (Lipinski definition) is 3. The molecule has 2 N–H and O–H groups in total. The largest absolute Gasteiger partial charge is 0.489 e. The zero-order chi connectivity index (χ0) is 13.7. The lowest BCUT2D eigenvalue weighted by Crippen LogP contribution is -1.97. The zero-order valence-corrected chi connectivity index (χ0v) is 10.0. The van der Waals surface area contributed by atoms with Crippen molar-refractivity contribution in [3.05, 3.63) is 65.2 Å². The quantitative estimate of drug-likeness (QED) is 0.523. The van der Waals surface area contributed by atoms with E-state index in [-0.39, 0.29) is 12.4 Å². The van der Waals surface area contributed by atoms with Gasteiger partial charge in [0, 0.05) is 18.2 Å². The summed E-state index contributed by atoms with van der Waals surface area (Å²) in [4.78, 5) is 0. The van der Waals surface area contributed by atoms with Gasteiger partial charge in [0.05, 0.1) is 6.21 Å². The molecule has 0 aliphatic heterocycles. The molecule has 0 aliphatic rings. The molecule has 0 heterocycles. The Balaban J connectivity index is 2.01. The molecule has 0 aliphatic carbocycles. The van der Waals surface area contributed by atoms with Crippen molar-refractivity contribution < 1.29 is 13.5 Å². The predicted molar refractivity (Wildman–Crippen MR) is 68.9 cm³/mol. The molecule has 3 nitrogen and oxygen atoms in total. The molecular formula is C14H12F2N2O. The Hall–Kier alpha value is -2.43. The molecular weight excluding hydrogens is 250 g/mol. The third-order valence-electron chi connectivity index (χ3n) is 2.44. The topological polar surface area (TPSA) is 47.6 Å². The van der Waals surface area contributed by atoms with Crippen LogP contribution in [0.5, 0.6) is 5.75 Å². The first-order valence-corrected chi connectivity index (χ1v) is 5.58. The van der Waals surface area contributed by atoms with Crippen LogP contribution in [-0.4, -0.2) is 6.21 Å². The van der Waals surface area contributed by atoms with E-state index >= 15 is 0 Å². The third kappa shape index (κ3) is 3.77. The highest BCUT2D eigenvalue weighted by molar-refractivity contribution is 5.79. The fourth-order valence-electron chi connectivity index (χ4n) is 1.56. The molecule has 2 aromatic rings. The lowest BCUT2D eigenvalue weighted by Gasteiger charge is -2.06. The van der Waals surface area contributed by atoms with Gasteiger partial charge in [-0.1, -0.05) is 24.3 Å². The number of hydrogen-bond donors (Lipinski definition) is 1. The van der Waals surface area contributed by atoms with Crippen LogP contribution in [-0.2, 0) is 6.61 Å². The second-order valence-electron chi connectivity index (χ2n) is 3.91. The second-order valence-corrected chi connectivity index (χ2v) is 3.91. The Morgan fingerprint density at radius 2 is 1.68 bits per heavy atom. The highest BCUT2D eigenvalue weighted by Gasteiger charge is 2.02. The molecule has 0 saturated heterocycles. The Morgan fingerprint density at radius 1 is 1.05 bits per heavy atom. The molecule has 5 heteroatoms. The molecule has 0 amide bonds. The number of ether oxygens (including phenoxy) is 1. The molecule has 0 spiro atoms. The zero-order valence-electron chi connectivity index (χ0n) is 10.0. The molecule has 0 unspecified atom stereocenters. The summed E-state index contributed by atoms with van der Waals surface area (Å²) < 4.78 is 31.2. The molecule has 98 valence electrons. The van der Waals surface area contributed by atoms with Crippen LogP contribution in [0.25, 0.3) is 0 Å². The Kier molecular flexibility index (Phi) is 4.07. The highest BCUT2D eigenvalue weighted by Crippen LogP contribution is 2.17. The van der Waals surface area contributed by atoms with E-state index in [0.717, 1.165) is 29.3 Å². The molecule has 0 radical (unpaired) electrons. The summed E-state index contributed by atoms with van der Waals surface area (Å²) in [7, 11) is 0. The van der Waals surface area contributed by atoms with E-state index < -0.39 is 11.6 Å². The van der Waals surface area contributed by atoms with Gasteiger partial charge in [-0.05, 0) is 11.1 Å². The van der Waals surface area contributed by atoms with Crippen LogP contribution < -0.4 is 10.6 Å². The van der Waals surface area contributed by atoms with Crippen molar-refractivity contribution in [3.8, 4) is 5.75 Å². The number of nitrogens with zero attached hydrogens (tertiary/aromatic N) is 1. The van der Waals surface area contributed by atoms with Gasteiger partial charge in [-0.15, -0.1) is 0 Å². The Labute approximate surface area is 109 Å². The number of hydrazone groups is 1. The summed E-state index contributed by atoms with van der Waals surface area (Å²) in [5.41, 5.74) is 1.74. The smallest absolute Gasteiger partial charge is 0.129 e. The van der Waals surface area contributed by atoms with Crippen LogP contribution in [0.1, 0.15) is 11.1 Å². The van der Waals surface area contributed by atoms with Crippen LogP contribution >= 0.6 is 0 Å². The fraction of sp³-hybridized carbons (Fsp3) is 0.0714. The maximum absolute atomic E-state index is 12.9. The number of nitrogens with two attached hydrogens (primary N) is 1. The van der Waals surface area contributed by atoms with Crippen molar-refractivity contribution in [1.82, 2.24) is 0 Å². The SMILES string of the molecule is NN=Cc1ccc(COc2cc(F)cc(F)c2)cc1. The average Bonchev–Trinajstić information content (AvgIpc) is 2.37. The Morgan fingerprint density at radius 3 is 2.26 bits per heavy atom. The van der Waals surface area contributed by atoms with E-state index in [9.17, 15) is 8.78 Å². The summed E-state index contributed by atoms with van der Waals surface area (Å²) >= 11 is 0. The van der Waals surface area contributed by atoms with Crippen molar-refractivity contribution in [2.45, 2.75) is 6.61 Å². The van der Waals surface area contributed by atoms with Crippen molar-refractivity contribution in [1.29, 1.82) is 0 Å². The van der Waals surface area contributed by atoms with Crippen molar-refractivity contribution in [2.75, 3.05) is 0 Å². The fourth-order valence-corrected chi connectivity index (χ4v) is 1.56. The van der Waals surface area contributed by atoms with E-state index in [1.807, 2.05) is 24.3 Å². The van der Waals surface area contributed by atoms with Gasteiger partial charge in [0.15, 0.2) is 0 Å². The van der Waals surface area contributed by atoms with Crippen LogP contribution in [0.15, 0.2) is 47.6 Å². The number of rotatable bonds is 4. The molecule has 0 aromatic heterocycles. The number of halogens is 2. The minimum Gasteiger partial charge on any atom is -0.489 e. The van der Waals surface area contributed by atoms with Gasteiger partial charge in [-0.2, -0.15) is 5.10 Å². The average molecular weight is 262 g/mol. The lowest BCUT2D eigenvalue weighted by molar-refractivity contribution is 0.302. The van der Waals surface area contributed by atoms with Gasteiger partial charge in [0.2, 0.25) is 0 Å². The maximum Gasteiger partial charge on any atom is 0.129 e. The minimum absolute atomic E-state index is 0.157. The van der Waals surface area contributed by atoms with E-state index in [0.29, 0.717) is 0 Å². The molecule has 0 saturated carbocycles. The number of benzene rings is 2. The van der Waals surface area contributed by atoms with Crippen LogP contribution in [0.4, 0.5) is 8.78 Å². The lowest BCUT2D eigenvalue weighted by atomic mass is 10.1. The Bertz CT molecular complexity index is 562. The highest BCUT2D eigenvalue weighted by atomic mass is 19.1. The van der Waals surface area contributed by atoms with Gasteiger partial charge < -0.3 is 10.6 Å². The minimum atomic E-state index is -0.662. The predicted octanol–water partition coefficient (Wildman–Crippen LogP) is 2.84. The summed E-state index contributed by atoms with van der Waals surface area (Å²) in [6.45, 7) is 0.225. The van der Waals surface area contributed by atoms with E-state index in [1.54, 1.807) is 0 Å². The van der Waals surface area contributed by atoms with Crippen LogP contribution in [0.3, 0.4) is 0 Å². The first-order chi connectivity index (χ1) is 9.17. The standard InChI is InChI=1S/C14H12F2N2O/c15-12-5-13(16)7-14(6-12)19-9-11-3-1-10(2-4-11)8-18-17/h1-8H,9,17H2. The third-order valence-corrected chi connectivity index (χ3v) is 2.44. The monoisotopic (exact) mass is 262 g/mol. The molecule has 0 fully saturated rings. The molecule has 0 atom stereocenters. The van der Waals surface area contributed by atoms with E-state index in [2.05, 4.69) is 5.10 Å². The van der Waals surface area contributed by atoms with Crippen LogP contribution in [0.2, 0.25) is 0 Å². The van der Waals surface area contributed by atoms with Gasteiger partial charge in [0.1, 0.15) is 24.0 Å². The van der Waals surface area contributed by atoms with Gasteiger partial charge in [-0.3, -0.25) is 0 Å². The normalized spacial score (nSPS) is 10.8. The molecule has 19 heavy (non-hydrogen) atoms. The first kappa shape index (κ1) is 13.0. The summed E-state index contributed by atoms with van der Waals surface area (Å²) in [5.74, 6) is 3.87. The van der Waals surface area contributed by atoms with E-state index in [1.165, 1.54) is 6.21 Å². The van der Waals surface area contributed by atoms with Gasteiger partial charge >= 0.3 is 0 Å². The van der Waals surface area contributed by atoms with E-state index in [4.69, 9.17) is 10.6 Å². The maximum atomic E-state index is 12.9. The molecule has 2 aromatic carbocycles. The summed E-state index contributed by atoms with van der Waals surface area (Å²) in [6, 6.07) is 10.4. The summed E-state index contributed by atoms with van der Waals surface area (Å²) in [5, 5.41) is 3.41. The summed E-state index contributed by atoms with van der Waals surface area (Å²) in [6.07, 6.45) is 1.52. The molecule has 0 bridgehead atoms. The van der Waals surface area contributed by atoms with Crippen molar-refractivity contribution in [2.24, 2.45) is 10.9 Å². The van der Waals surface area contributed by atoms with Crippen molar-refractivity contribution in [3.63, 3.8) is 0 Å². The molecule has 2 rings (SSSR count). The van der Waals surface area contributed by atoms with Crippen LogP contribution in [0, 0.1) is 11.6 Å². The van der Waals surface area contributed by atoms with Gasteiger partial charge in [-0.25, -0.2) is 8.78 Å².